The number of ether oxygens (including phenoxy) is 1. The van der Waals surface area contributed by atoms with Crippen molar-refractivity contribution >= 4 is 21.7 Å². The van der Waals surface area contributed by atoms with Crippen molar-refractivity contribution in [2.75, 3.05) is 23.1 Å². The SMILES string of the molecule is Cc1cc(CS(=O)(=O)Nc2c(F)cc(Oc3ncccc3-c3ccnc(NC4CNC[C@@H](F)C4)n3)c(F)c2F)no1. The molecule has 1 aliphatic heterocycles. The van der Waals surface area contributed by atoms with E-state index < -0.39 is 50.8 Å². The molecule has 4 heterocycles. The second-order valence-electron chi connectivity index (χ2n) is 9.21. The first-order valence-corrected chi connectivity index (χ1v) is 13.9. The lowest BCUT2D eigenvalue weighted by molar-refractivity contribution is 0.254. The molecule has 3 aromatic heterocycles. The molecule has 5 rings (SSSR count). The van der Waals surface area contributed by atoms with Crippen molar-refractivity contribution in [3.63, 3.8) is 0 Å². The Kier molecular flexibility index (Phi) is 8.03. The van der Waals surface area contributed by atoms with Crippen LogP contribution >= 0.6 is 0 Å². The Hall–Kier alpha value is -4.31. The molecule has 0 radical (unpaired) electrons. The summed E-state index contributed by atoms with van der Waals surface area (Å²) < 4.78 is 95.2. The van der Waals surface area contributed by atoms with Crippen molar-refractivity contribution in [1.29, 1.82) is 0 Å². The zero-order valence-electron chi connectivity index (χ0n) is 21.4. The highest BCUT2D eigenvalue weighted by atomic mass is 32.2. The van der Waals surface area contributed by atoms with E-state index in [9.17, 15) is 26.0 Å². The third-order valence-electron chi connectivity index (χ3n) is 5.94. The molecule has 1 unspecified atom stereocenters. The van der Waals surface area contributed by atoms with Crippen LogP contribution in [-0.4, -0.2) is 53.8 Å². The van der Waals surface area contributed by atoms with E-state index in [1.807, 2.05) is 0 Å². The van der Waals surface area contributed by atoms with Crippen molar-refractivity contribution in [2.24, 2.45) is 0 Å². The number of hydrogen-bond acceptors (Lipinski definition) is 10. The quantitative estimate of drug-likeness (QED) is 0.192. The van der Waals surface area contributed by atoms with Gasteiger partial charge in [-0.1, -0.05) is 5.16 Å². The fourth-order valence-corrected chi connectivity index (χ4v) is 5.24. The number of aromatic nitrogens is 4. The summed E-state index contributed by atoms with van der Waals surface area (Å²) in [4.78, 5) is 12.6. The van der Waals surface area contributed by atoms with Crippen molar-refractivity contribution in [2.45, 2.75) is 31.3 Å². The Morgan fingerprint density at radius 2 is 1.95 bits per heavy atom. The highest BCUT2D eigenvalue weighted by Crippen LogP contribution is 2.36. The van der Waals surface area contributed by atoms with Gasteiger partial charge in [-0.25, -0.2) is 36.5 Å². The van der Waals surface area contributed by atoms with Gasteiger partial charge in [0.05, 0.1) is 11.3 Å². The molecule has 4 aromatic rings. The monoisotopic (exact) mass is 593 g/mol. The molecule has 41 heavy (non-hydrogen) atoms. The van der Waals surface area contributed by atoms with Gasteiger partial charge < -0.3 is 19.9 Å². The summed E-state index contributed by atoms with van der Waals surface area (Å²) in [6.07, 6.45) is 2.00. The van der Waals surface area contributed by atoms with Crippen LogP contribution in [-0.2, 0) is 15.8 Å². The number of benzene rings is 1. The maximum atomic E-state index is 15.0. The number of piperidine rings is 1. The van der Waals surface area contributed by atoms with Gasteiger partial charge in [-0.3, -0.25) is 4.72 Å². The van der Waals surface area contributed by atoms with Gasteiger partial charge in [0.25, 0.3) is 0 Å². The van der Waals surface area contributed by atoms with Gasteiger partial charge in [-0.05, 0) is 25.1 Å². The minimum absolute atomic E-state index is 0.0102. The van der Waals surface area contributed by atoms with Crippen molar-refractivity contribution in [1.82, 2.24) is 25.4 Å². The lowest BCUT2D eigenvalue weighted by atomic mass is 10.1. The molecule has 3 N–H and O–H groups in total. The van der Waals surface area contributed by atoms with Crippen molar-refractivity contribution in [3.05, 3.63) is 71.6 Å². The molecule has 16 heteroatoms. The first-order valence-electron chi connectivity index (χ1n) is 12.3. The largest absolute Gasteiger partial charge is 0.435 e. The van der Waals surface area contributed by atoms with Crippen LogP contribution in [0.25, 0.3) is 11.3 Å². The van der Waals surface area contributed by atoms with Crippen LogP contribution in [0.3, 0.4) is 0 Å². The molecule has 1 fully saturated rings. The van der Waals surface area contributed by atoms with E-state index in [0.29, 0.717) is 18.4 Å². The van der Waals surface area contributed by atoms with Gasteiger partial charge in [0, 0.05) is 50.1 Å². The molecule has 0 aliphatic carbocycles. The molecule has 0 amide bonds. The normalized spacial score (nSPS) is 17.3. The molecule has 216 valence electrons. The minimum atomic E-state index is -4.39. The topological polar surface area (TPSA) is 144 Å². The number of halogens is 4. The fourth-order valence-electron chi connectivity index (χ4n) is 4.15. The summed E-state index contributed by atoms with van der Waals surface area (Å²) in [5.74, 6) is -6.28. The molecule has 11 nitrogen and oxygen atoms in total. The maximum Gasteiger partial charge on any atom is 0.238 e. The molecular weight excluding hydrogens is 570 g/mol. The first kappa shape index (κ1) is 28.2. The number of aryl methyl sites for hydroxylation is 1. The Morgan fingerprint density at radius 1 is 1.12 bits per heavy atom. The molecule has 1 saturated heterocycles. The minimum Gasteiger partial charge on any atom is -0.435 e. The Morgan fingerprint density at radius 3 is 2.71 bits per heavy atom. The number of sulfonamides is 1. The average Bonchev–Trinajstić information content (AvgIpc) is 3.33. The smallest absolute Gasteiger partial charge is 0.238 e. The standard InChI is InChI=1S/C25H23F4N7O4S/c1-13-7-16(35-40-13)12-41(37,38)36-23-18(27)9-20(21(28)22(23)29)39-24-17(3-2-5-31-24)19-4-6-32-25(34-19)33-15-8-14(26)10-30-11-15/h2-7,9,14-15,30,36H,8,10-12H2,1H3,(H,32,33,34)/t14-,15?/m0/s1. The van der Waals surface area contributed by atoms with E-state index in [-0.39, 0.29) is 47.8 Å². The lowest BCUT2D eigenvalue weighted by Gasteiger charge is -2.26. The van der Waals surface area contributed by atoms with Crippen LogP contribution < -0.4 is 20.1 Å². The van der Waals surface area contributed by atoms with Gasteiger partial charge in [0.15, 0.2) is 17.4 Å². The van der Waals surface area contributed by atoms with Crippen LogP contribution in [0.1, 0.15) is 17.9 Å². The third-order valence-corrected chi connectivity index (χ3v) is 7.13. The van der Waals surface area contributed by atoms with Gasteiger partial charge in [0.2, 0.25) is 27.7 Å². The van der Waals surface area contributed by atoms with Crippen LogP contribution in [0.2, 0.25) is 0 Å². The summed E-state index contributed by atoms with van der Waals surface area (Å²) >= 11 is 0. The molecule has 0 spiro atoms. The molecule has 0 bridgehead atoms. The summed E-state index contributed by atoms with van der Waals surface area (Å²) in [5, 5.41) is 9.53. The van der Waals surface area contributed by atoms with Gasteiger partial charge >= 0.3 is 0 Å². The summed E-state index contributed by atoms with van der Waals surface area (Å²) in [6, 6.07) is 6.16. The number of nitrogens with zero attached hydrogens (tertiary/aromatic N) is 4. The van der Waals surface area contributed by atoms with Crippen LogP contribution in [0.15, 0.2) is 47.2 Å². The average molecular weight is 594 g/mol. The Balaban J connectivity index is 1.38. The molecule has 1 aromatic carbocycles. The number of rotatable bonds is 9. The Bertz CT molecular complexity index is 1670. The number of anilines is 2. The number of hydrogen-bond donors (Lipinski definition) is 3. The zero-order chi connectivity index (χ0) is 29.1. The maximum absolute atomic E-state index is 15.0. The van der Waals surface area contributed by atoms with E-state index in [2.05, 4.69) is 30.7 Å². The number of pyridine rings is 1. The number of alkyl halides is 1. The van der Waals surface area contributed by atoms with Crippen molar-refractivity contribution < 1.29 is 35.2 Å². The van der Waals surface area contributed by atoms with Crippen molar-refractivity contribution in [3.8, 4) is 22.9 Å². The lowest BCUT2D eigenvalue weighted by Crippen LogP contribution is -2.44. The van der Waals surface area contributed by atoms with Gasteiger partial charge in [0.1, 0.15) is 29.1 Å². The highest BCUT2D eigenvalue weighted by molar-refractivity contribution is 7.91. The van der Waals surface area contributed by atoms with E-state index in [1.165, 1.54) is 37.5 Å². The van der Waals surface area contributed by atoms with Gasteiger partial charge in [-0.2, -0.15) is 4.39 Å². The van der Waals surface area contributed by atoms with Gasteiger partial charge in [-0.15, -0.1) is 0 Å². The third kappa shape index (κ3) is 6.71. The molecular formula is C25H23F4N7O4S. The van der Waals surface area contributed by atoms with E-state index in [1.54, 1.807) is 10.8 Å². The summed E-state index contributed by atoms with van der Waals surface area (Å²) in [5.41, 5.74) is -0.726. The second kappa shape index (κ2) is 11.7. The molecule has 0 saturated carbocycles. The first-order chi connectivity index (χ1) is 19.6. The second-order valence-corrected chi connectivity index (χ2v) is 10.9. The van der Waals surface area contributed by atoms with Crippen LogP contribution in [0, 0.1) is 24.4 Å². The Labute approximate surface area is 231 Å². The van der Waals surface area contributed by atoms with Crippen LogP contribution in [0.4, 0.5) is 29.2 Å². The fraction of sp³-hybridized carbons (Fsp3) is 0.280. The van der Waals surface area contributed by atoms with E-state index in [4.69, 9.17) is 9.26 Å². The molecule has 1 aliphatic rings. The molecule has 2 atom stereocenters. The van der Waals surface area contributed by atoms with E-state index in [0.717, 1.165) is 0 Å². The van der Waals surface area contributed by atoms with Crippen LogP contribution in [0.5, 0.6) is 11.6 Å². The van der Waals surface area contributed by atoms with E-state index >= 15 is 0 Å². The predicted molar refractivity (Wildman–Crippen MR) is 139 cm³/mol. The predicted octanol–water partition coefficient (Wildman–Crippen LogP) is 4.10. The zero-order valence-corrected chi connectivity index (χ0v) is 22.2. The summed E-state index contributed by atoms with van der Waals surface area (Å²) in [6.45, 7) is 2.31. The summed E-state index contributed by atoms with van der Waals surface area (Å²) in [7, 11) is -4.39. The number of nitrogens with one attached hydrogen (secondary N) is 3. The highest BCUT2D eigenvalue weighted by Gasteiger charge is 2.26.